The summed E-state index contributed by atoms with van der Waals surface area (Å²) in [5.74, 6) is 1.03. The van der Waals surface area contributed by atoms with Gasteiger partial charge in [0.15, 0.2) is 0 Å². The lowest BCUT2D eigenvalue weighted by molar-refractivity contribution is 0.240. The zero-order valence-electron chi connectivity index (χ0n) is 11.6. The molecule has 0 bridgehead atoms. The van der Waals surface area contributed by atoms with Crippen molar-refractivity contribution in [2.45, 2.75) is 50.4 Å². The van der Waals surface area contributed by atoms with E-state index in [0.717, 1.165) is 16.8 Å². The molecule has 3 rings (SSSR count). The number of nitrogens with two attached hydrogens (primary N) is 1. The Morgan fingerprint density at radius 2 is 2.00 bits per heavy atom. The van der Waals surface area contributed by atoms with Gasteiger partial charge in [0, 0.05) is 17.5 Å². The molecule has 2 aliphatic carbocycles. The molecule has 0 unspecified atom stereocenters. The zero-order valence-corrected chi connectivity index (χ0v) is 13.2. The Morgan fingerprint density at radius 3 is 2.58 bits per heavy atom. The molecule has 3 heteroatoms. The summed E-state index contributed by atoms with van der Waals surface area (Å²) in [6.45, 7) is 0.742. The fraction of sp³-hybridized carbons (Fsp3) is 0.625. The van der Waals surface area contributed by atoms with Crippen LogP contribution in [-0.4, -0.2) is 13.7 Å². The van der Waals surface area contributed by atoms with Crippen LogP contribution in [0.15, 0.2) is 10.5 Å². The van der Waals surface area contributed by atoms with E-state index in [0.29, 0.717) is 0 Å². The van der Waals surface area contributed by atoms with Crippen LogP contribution < -0.4 is 10.5 Å². The zero-order chi connectivity index (χ0) is 13.5. The maximum Gasteiger partial charge on any atom is 0.137 e. The van der Waals surface area contributed by atoms with Gasteiger partial charge in [-0.2, -0.15) is 0 Å². The van der Waals surface area contributed by atoms with Crippen molar-refractivity contribution in [1.29, 1.82) is 0 Å². The summed E-state index contributed by atoms with van der Waals surface area (Å²) in [5, 5.41) is 0. The lowest BCUT2D eigenvalue weighted by atomic mass is 9.62. The van der Waals surface area contributed by atoms with E-state index >= 15 is 0 Å². The van der Waals surface area contributed by atoms with Gasteiger partial charge < -0.3 is 10.5 Å². The predicted molar refractivity (Wildman–Crippen MR) is 81.9 cm³/mol. The summed E-state index contributed by atoms with van der Waals surface area (Å²) in [6.07, 6.45) is 8.71. The quantitative estimate of drug-likeness (QED) is 0.920. The molecule has 2 nitrogen and oxygen atoms in total. The third-order valence-electron chi connectivity index (χ3n) is 4.99. The maximum atomic E-state index is 6.14. The fourth-order valence-corrected chi connectivity index (χ4v) is 4.41. The molecule has 19 heavy (non-hydrogen) atoms. The molecule has 104 valence electrons. The highest BCUT2D eigenvalue weighted by Crippen LogP contribution is 2.51. The van der Waals surface area contributed by atoms with Crippen LogP contribution in [0.2, 0.25) is 0 Å². The Kier molecular flexibility index (Phi) is 3.61. The third-order valence-corrected chi connectivity index (χ3v) is 5.58. The standard InChI is InChI=1S/C16H22BrNO/c1-19-15-13(17)9-11-5-2-3-6-12(11)14(15)16(10-18)7-4-8-16/h9H,2-8,10,18H2,1H3. The van der Waals surface area contributed by atoms with Gasteiger partial charge in [-0.1, -0.05) is 6.42 Å². The smallest absolute Gasteiger partial charge is 0.137 e. The third kappa shape index (κ3) is 2.02. The van der Waals surface area contributed by atoms with Crippen molar-refractivity contribution in [3.63, 3.8) is 0 Å². The van der Waals surface area contributed by atoms with Gasteiger partial charge in [0.05, 0.1) is 11.6 Å². The molecule has 0 aromatic heterocycles. The Hall–Kier alpha value is -0.540. The minimum atomic E-state index is 0.177. The number of benzene rings is 1. The van der Waals surface area contributed by atoms with Crippen molar-refractivity contribution in [3.8, 4) is 5.75 Å². The van der Waals surface area contributed by atoms with Gasteiger partial charge in [0.1, 0.15) is 5.75 Å². The molecule has 1 aromatic carbocycles. The van der Waals surface area contributed by atoms with E-state index in [4.69, 9.17) is 10.5 Å². The Bertz CT molecular complexity index is 489. The van der Waals surface area contributed by atoms with Gasteiger partial charge in [0.25, 0.3) is 0 Å². The number of rotatable bonds is 3. The van der Waals surface area contributed by atoms with Crippen LogP contribution in [0.5, 0.6) is 5.75 Å². The molecule has 0 aliphatic heterocycles. The molecule has 0 heterocycles. The topological polar surface area (TPSA) is 35.2 Å². The van der Waals surface area contributed by atoms with Gasteiger partial charge in [-0.15, -0.1) is 0 Å². The van der Waals surface area contributed by atoms with Gasteiger partial charge in [-0.25, -0.2) is 0 Å². The normalized spacial score (nSPS) is 20.6. The van der Waals surface area contributed by atoms with E-state index in [1.54, 1.807) is 7.11 Å². The lowest BCUT2D eigenvalue weighted by Gasteiger charge is -2.44. The largest absolute Gasteiger partial charge is 0.495 e. The number of hydrogen-bond donors (Lipinski definition) is 1. The van der Waals surface area contributed by atoms with Gasteiger partial charge >= 0.3 is 0 Å². The highest BCUT2D eigenvalue weighted by atomic mass is 79.9. The summed E-state index contributed by atoms with van der Waals surface area (Å²) >= 11 is 3.70. The summed E-state index contributed by atoms with van der Waals surface area (Å²) in [7, 11) is 1.78. The van der Waals surface area contributed by atoms with Crippen LogP contribution in [0.1, 0.15) is 48.8 Å². The second kappa shape index (κ2) is 5.10. The van der Waals surface area contributed by atoms with Crippen molar-refractivity contribution >= 4 is 15.9 Å². The number of halogens is 1. The molecule has 0 radical (unpaired) electrons. The molecular formula is C16H22BrNO. The fourth-order valence-electron chi connectivity index (χ4n) is 3.77. The number of fused-ring (bicyclic) bond motifs is 1. The van der Waals surface area contributed by atoms with Gasteiger partial charge in [0.2, 0.25) is 0 Å². The molecule has 1 fully saturated rings. The number of hydrogen-bond acceptors (Lipinski definition) is 2. The minimum absolute atomic E-state index is 0.177. The first-order chi connectivity index (χ1) is 9.22. The molecule has 1 aromatic rings. The second-order valence-corrected chi connectivity index (χ2v) is 6.80. The monoisotopic (exact) mass is 323 g/mol. The molecular weight excluding hydrogens is 302 g/mol. The Labute approximate surface area is 123 Å². The number of aryl methyl sites for hydroxylation is 1. The highest BCUT2D eigenvalue weighted by Gasteiger charge is 2.42. The summed E-state index contributed by atoms with van der Waals surface area (Å²) in [4.78, 5) is 0. The van der Waals surface area contributed by atoms with E-state index < -0.39 is 0 Å². The average molecular weight is 324 g/mol. The first kappa shape index (κ1) is 13.4. The molecule has 0 atom stereocenters. The van der Waals surface area contributed by atoms with E-state index in [9.17, 15) is 0 Å². The predicted octanol–water partition coefficient (Wildman–Crippen LogP) is 3.72. The first-order valence-electron chi connectivity index (χ1n) is 7.30. The van der Waals surface area contributed by atoms with Gasteiger partial charge in [-0.3, -0.25) is 0 Å². The maximum absolute atomic E-state index is 6.14. The summed E-state index contributed by atoms with van der Waals surface area (Å²) < 4.78 is 6.83. The first-order valence-corrected chi connectivity index (χ1v) is 8.10. The van der Waals surface area contributed by atoms with Crippen molar-refractivity contribution in [3.05, 3.63) is 27.2 Å². The average Bonchev–Trinajstić information content (AvgIpc) is 2.38. The van der Waals surface area contributed by atoms with Crippen molar-refractivity contribution in [2.24, 2.45) is 5.73 Å². The van der Waals surface area contributed by atoms with E-state index in [-0.39, 0.29) is 5.41 Å². The number of ether oxygens (including phenoxy) is 1. The molecule has 0 saturated heterocycles. The van der Waals surface area contributed by atoms with Crippen LogP contribution in [-0.2, 0) is 18.3 Å². The van der Waals surface area contributed by atoms with E-state index in [1.165, 1.54) is 61.6 Å². The summed E-state index contributed by atoms with van der Waals surface area (Å²) in [5.41, 5.74) is 10.8. The van der Waals surface area contributed by atoms with Crippen LogP contribution in [0.4, 0.5) is 0 Å². The van der Waals surface area contributed by atoms with Crippen molar-refractivity contribution in [2.75, 3.05) is 13.7 Å². The van der Waals surface area contributed by atoms with E-state index in [2.05, 4.69) is 22.0 Å². The SMILES string of the molecule is COc1c(Br)cc2c(c1C1(CN)CCC1)CCCC2. The Balaban J connectivity index is 2.22. The second-order valence-electron chi connectivity index (χ2n) is 5.95. The highest BCUT2D eigenvalue weighted by molar-refractivity contribution is 9.10. The molecule has 0 spiro atoms. The van der Waals surface area contributed by atoms with E-state index in [1.807, 2.05) is 0 Å². The minimum Gasteiger partial charge on any atom is -0.495 e. The lowest BCUT2D eigenvalue weighted by Crippen LogP contribution is -2.43. The Morgan fingerprint density at radius 1 is 1.26 bits per heavy atom. The van der Waals surface area contributed by atoms with Crippen molar-refractivity contribution < 1.29 is 4.74 Å². The summed E-state index contributed by atoms with van der Waals surface area (Å²) in [6, 6.07) is 2.26. The molecule has 0 amide bonds. The van der Waals surface area contributed by atoms with Gasteiger partial charge in [-0.05, 0) is 71.6 Å². The van der Waals surface area contributed by atoms with Crippen LogP contribution in [0.25, 0.3) is 0 Å². The number of methoxy groups -OCH3 is 1. The van der Waals surface area contributed by atoms with Crippen LogP contribution in [0.3, 0.4) is 0 Å². The molecule has 2 aliphatic rings. The molecule has 2 N–H and O–H groups in total. The van der Waals surface area contributed by atoms with Crippen molar-refractivity contribution in [1.82, 2.24) is 0 Å². The molecule has 1 saturated carbocycles. The van der Waals surface area contributed by atoms with Crippen LogP contribution >= 0.6 is 15.9 Å². The van der Waals surface area contributed by atoms with Crippen LogP contribution in [0, 0.1) is 0 Å².